The van der Waals surface area contributed by atoms with Gasteiger partial charge in [-0.3, -0.25) is 9.78 Å². The first-order chi connectivity index (χ1) is 18.4. The summed E-state index contributed by atoms with van der Waals surface area (Å²) in [4.78, 5) is 26.1. The maximum absolute atomic E-state index is 13.6. The fourth-order valence-electron chi connectivity index (χ4n) is 4.20. The van der Waals surface area contributed by atoms with E-state index >= 15 is 0 Å². The molecule has 0 aliphatic carbocycles. The van der Waals surface area contributed by atoms with Crippen molar-refractivity contribution in [3.05, 3.63) is 108 Å². The second kappa shape index (κ2) is 9.40. The molecule has 2 aromatic carbocycles. The minimum atomic E-state index is -4.02. The van der Waals surface area contributed by atoms with E-state index in [1.807, 2.05) is 0 Å². The highest BCUT2D eigenvalue weighted by molar-refractivity contribution is 7.90. The van der Waals surface area contributed by atoms with Crippen LogP contribution in [0.4, 0.5) is 0 Å². The number of Topliss-reactive ketones (excluding diaryl/α,β-unsaturated/α-hetero) is 1. The van der Waals surface area contributed by atoms with Gasteiger partial charge in [0.1, 0.15) is 11.5 Å². The molecule has 0 unspecified atom stereocenters. The lowest BCUT2D eigenvalue weighted by Crippen LogP contribution is -2.12. The fraction of sp³-hybridized carbons (Fsp3) is 0.0370. The van der Waals surface area contributed by atoms with Crippen LogP contribution in [0, 0.1) is 0 Å². The second-order valence-corrected chi connectivity index (χ2v) is 10.7. The molecule has 6 aromatic rings. The summed E-state index contributed by atoms with van der Waals surface area (Å²) in [6.07, 6.45) is 7.52. The molecule has 0 aliphatic heterocycles. The van der Waals surface area contributed by atoms with Gasteiger partial charge in [0.15, 0.2) is 11.4 Å². The highest BCUT2D eigenvalue weighted by Gasteiger charge is 2.24. The number of carbonyl (C=O) groups excluding carboxylic acids is 1. The van der Waals surface area contributed by atoms with Gasteiger partial charge in [-0.25, -0.2) is 22.4 Å². The second-order valence-electron chi connectivity index (χ2n) is 8.42. The number of benzene rings is 2. The predicted molar refractivity (Wildman–Crippen MR) is 142 cm³/mol. The number of pyridine rings is 2. The van der Waals surface area contributed by atoms with Crippen LogP contribution in [0.25, 0.3) is 22.1 Å². The predicted octanol–water partition coefficient (Wildman–Crippen LogP) is 5.35. The Morgan fingerprint density at radius 2 is 1.76 bits per heavy atom. The maximum atomic E-state index is 13.6. The summed E-state index contributed by atoms with van der Waals surface area (Å²) < 4.78 is 35.9. The standard InChI is InChI=1S/C27H18ClN5O4S/c28-18-11-25-27(30-13-18)31-17-32(25)16-26(34)23-15-33(38(35,36)21-6-2-1-3-7-21)24-12-19(8-9-22(23)24)37-20-5-4-10-29-14-20/h1-15,17H,16H2. The molecule has 6 rings (SSSR count). The molecule has 0 bridgehead atoms. The monoisotopic (exact) mass is 543 g/mol. The Bertz CT molecular complexity index is 1920. The number of ether oxygens (including phenoxy) is 1. The summed E-state index contributed by atoms with van der Waals surface area (Å²) in [6, 6.07) is 18.1. The van der Waals surface area contributed by atoms with Crippen LogP contribution in [0.5, 0.6) is 11.5 Å². The Balaban J connectivity index is 1.47. The van der Waals surface area contributed by atoms with Crippen molar-refractivity contribution in [2.24, 2.45) is 0 Å². The molecule has 0 aliphatic rings. The highest BCUT2D eigenvalue weighted by atomic mass is 35.5. The lowest BCUT2D eigenvalue weighted by Gasteiger charge is -2.09. The molecule has 0 amide bonds. The molecule has 0 N–H and O–H groups in total. The number of ketones is 1. The summed E-state index contributed by atoms with van der Waals surface area (Å²) in [6.45, 7) is -0.0864. The Morgan fingerprint density at radius 1 is 0.921 bits per heavy atom. The van der Waals surface area contributed by atoms with Gasteiger partial charge >= 0.3 is 0 Å². The van der Waals surface area contributed by atoms with E-state index in [0.717, 1.165) is 3.97 Å². The summed E-state index contributed by atoms with van der Waals surface area (Å²) in [5, 5.41) is 0.882. The first-order valence-corrected chi connectivity index (χ1v) is 13.3. The maximum Gasteiger partial charge on any atom is 0.268 e. The van der Waals surface area contributed by atoms with E-state index < -0.39 is 10.0 Å². The zero-order valence-electron chi connectivity index (χ0n) is 19.6. The van der Waals surface area contributed by atoms with E-state index in [1.165, 1.54) is 30.9 Å². The van der Waals surface area contributed by atoms with Crippen molar-refractivity contribution in [2.75, 3.05) is 0 Å². The molecule has 0 radical (unpaired) electrons. The topological polar surface area (TPSA) is 109 Å². The summed E-state index contributed by atoms with van der Waals surface area (Å²) in [5.74, 6) is 0.581. The van der Waals surface area contributed by atoms with Crippen LogP contribution in [0.3, 0.4) is 0 Å². The number of hydrogen-bond donors (Lipinski definition) is 0. The van der Waals surface area contributed by atoms with Crippen LogP contribution < -0.4 is 4.74 Å². The number of rotatable bonds is 7. The zero-order valence-corrected chi connectivity index (χ0v) is 21.2. The molecule has 0 fully saturated rings. The lowest BCUT2D eigenvalue weighted by molar-refractivity contribution is 0.0975. The zero-order chi connectivity index (χ0) is 26.3. The van der Waals surface area contributed by atoms with Crippen molar-refractivity contribution in [3.8, 4) is 11.5 Å². The molecule has 0 saturated heterocycles. The van der Waals surface area contributed by atoms with Crippen LogP contribution in [0.2, 0.25) is 5.02 Å². The van der Waals surface area contributed by atoms with Crippen LogP contribution in [-0.2, 0) is 16.6 Å². The number of imidazole rings is 1. The number of hydrogen-bond acceptors (Lipinski definition) is 7. The number of halogens is 1. The van der Waals surface area contributed by atoms with Crippen molar-refractivity contribution in [2.45, 2.75) is 11.4 Å². The van der Waals surface area contributed by atoms with E-state index in [1.54, 1.807) is 71.6 Å². The smallest absolute Gasteiger partial charge is 0.268 e. The molecule has 0 saturated carbocycles. The fourth-order valence-corrected chi connectivity index (χ4v) is 5.73. The quantitative estimate of drug-likeness (QED) is 0.250. The number of carbonyl (C=O) groups is 1. The van der Waals surface area contributed by atoms with Gasteiger partial charge in [-0.15, -0.1) is 0 Å². The van der Waals surface area contributed by atoms with Crippen LogP contribution in [0.15, 0.2) is 103 Å². The summed E-state index contributed by atoms with van der Waals surface area (Å²) in [7, 11) is -4.02. The molecule has 188 valence electrons. The third-order valence-electron chi connectivity index (χ3n) is 5.97. The van der Waals surface area contributed by atoms with E-state index in [9.17, 15) is 13.2 Å². The van der Waals surface area contributed by atoms with Gasteiger partial charge in [0.25, 0.3) is 10.0 Å². The average Bonchev–Trinajstić information content (AvgIpc) is 3.51. The van der Waals surface area contributed by atoms with E-state index in [-0.39, 0.29) is 22.8 Å². The summed E-state index contributed by atoms with van der Waals surface area (Å²) >= 11 is 6.09. The van der Waals surface area contributed by atoms with Crippen molar-refractivity contribution < 1.29 is 17.9 Å². The van der Waals surface area contributed by atoms with Crippen LogP contribution >= 0.6 is 11.6 Å². The first kappa shape index (κ1) is 23.8. The van der Waals surface area contributed by atoms with E-state index in [0.29, 0.717) is 38.6 Å². The molecule has 0 spiro atoms. The third-order valence-corrected chi connectivity index (χ3v) is 7.86. The van der Waals surface area contributed by atoms with E-state index in [4.69, 9.17) is 16.3 Å². The third kappa shape index (κ3) is 4.29. The molecule has 4 heterocycles. The largest absolute Gasteiger partial charge is 0.456 e. The Labute approximate surface area is 222 Å². The van der Waals surface area contributed by atoms with Gasteiger partial charge in [-0.05, 0) is 42.5 Å². The van der Waals surface area contributed by atoms with Gasteiger partial charge < -0.3 is 9.30 Å². The first-order valence-electron chi connectivity index (χ1n) is 11.4. The van der Waals surface area contributed by atoms with Crippen molar-refractivity contribution in [1.82, 2.24) is 23.5 Å². The van der Waals surface area contributed by atoms with Crippen molar-refractivity contribution in [3.63, 3.8) is 0 Å². The van der Waals surface area contributed by atoms with Crippen molar-refractivity contribution >= 4 is 49.5 Å². The van der Waals surface area contributed by atoms with Gasteiger partial charge in [0, 0.05) is 35.6 Å². The molecule has 0 atom stereocenters. The lowest BCUT2D eigenvalue weighted by atomic mass is 10.1. The molecule has 11 heteroatoms. The normalized spacial score (nSPS) is 11.7. The molecule has 38 heavy (non-hydrogen) atoms. The van der Waals surface area contributed by atoms with Gasteiger partial charge in [0.05, 0.1) is 40.0 Å². The van der Waals surface area contributed by atoms with Gasteiger partial charge in [-0.2, -0.15) is 0 Å². The number of nitrogens with zero attached hydrogens (tertiary/aromatic N) is 5. The Kier molecular flexibility index (Phi) is 5.90. The SMILES string of the molecule is O=C(Cn1cnc2ncc(Cl)cc21)c1cn(S(=O)(=O)c2ccccc2)c2cc(Oc3cccnc3)ccc12. The number of fused-ring (bicyclic) bond motifs is 2. The van der Waals surface area contributed by atoms with Crippen LogP contribution in [0.1, 0.15) is 10.4 Å². The molecular weight excluding hydrogens is 526 g/mol. The minimum Gasteiger partial charge on any atom is -0.456 e. The van der Waals surface area contributed by atoms with E-state index in [2.05, 4.69) is 15.0 Å². The average molecular weight is 544 g/mol. The molecular formula is C27H18ClN5O4S. The highest BCUT2D eigenvalue weighted by Crippen LogP contribution is 2.32. The minimum absolute atomic E-state index is 0.0864. The molecule has 4 aromatic heterocycles. The Morgan fingerprint density at radius 3 is 2.55 bits per heavy atom. The van der Waals surface area contributed by atoms with Gasteiger partial charge in [0.2, 0.25) is 0 Å². The Hall–Kier alpha value is -4.54. The van der Waals surface area contributed by atoms with Gasteiger partial charge in [-0.1, -0.05) is 29.8 Å². The van der Waals surface area contributed by atoms with Crippen LogP contribution in [-0.4, -0.2) is 37.7 Å². The van der Waals surface area contributed by atoms with Crippen molar-refractivity contribution in [1.29, 1.82) is 0 Å². The summed E-state index contributed by atoms with van der Waals surface area (Å²) in [5.41, 5.74) is 1.59. The molecule has 9 nitrogen and oxygen atoms in total. The number of aromatic nitrogens is 5.